The van der Waals surface area contributed by atoms with E-state index in [1.165, 1.54) is 24.2 Å². The van der Waals surface area contributed by atoms with Gasteiger partial charge in [-0.1, -0.05) is 61.4 Å². The van der Waals surface area contributed by atoms with E-state index in [0.717, 1.165) is 28.8 Å². The molecule has 0 bridgehead atoms. The van der Waals surface area contributed by atoms with Crippen molar-refractivity contribution in [1.82, 2.24) is 4.98 Å². The van der Waals surface area contributed by atoms with Crippen LogP contribution in [0.3, 0.4) is 0 Å². The molecule has 1 unspecified atom stereocenters. The Morgan fingerprint density at radius 3 is 2.62 bits per heavy atom. The Morgan fingerprint density at radius 1 is 1.14 bits per heavy atom. The summed E-state index contributed by atoms with van der Waals surface area (Å²) in [5.74, 6) is 0.283. The minimum Gasteiger partial charge on any atom is -0.301 e. The monoisotopic (exact) mass is 401 g/mol. The lowest BCUT2D eigenvalue weighted by Gasteiger charge is -2.22. The fraction of sp³-hybridized carbons (Fsp3) is 0.292. The van der Waals surface area contributed by atoms with Crippen LogP contribution in [-0.4, -0.2) is 10.9 Å². The van der Waals surface area contributed by atoms with E-state index >= 15 is 0 Å². The molecule has 1 aliphatic carbocycles. The number of amides is 1. The predicted octanol–water partition coefficient (Wildman–Crippen LogP) is 5.52. The van der Waals surface area contributed by atoms with E-state index < -0.39 is 0 Å². The Bertz CT molecular complexity index is 1020. The van der Waals surface area contributed by atoms with Crippen LogP contribution < -0.4 is 5.32 Å². The van der Waals surface area contributed by atoms with Gasteiger partial charge in [-0.3, -0.25) is 4.79 Å². The molecular formula is C24H23N3OS. The lowest BCUT2D eigenvalue weighted by Crippen LogP contribution is -2.26. The van der Waals surface area contributed by atoms with Gasteiger partial charge in [-0.2, -0.15) is 5.26 Å². The van der Waals surface area contributed by atoms with E-state index in [1.54, 1.807) is 6.20 Å². The van der Waals surface area contributed by atoms with E-state index in [1.807, 2.05) is 42.5 Å². The summed E-state index contributed by atoms with van der Waals surface area (Å²) >= 11 is 1.48. The number of rotatable bonds is 6. The van der Waals surface area contributed by atoms with E-state index in [4.69, 9.17) is 0 Å². The highest BCUT2D eigenvalue weighted by atomic mass is 32.1. The highest BCUT2D eigenvalue weighted by Crippen LogP contribution is 2.38. The zero-order chi connectivity index (χ0) is 20.1. The largest absolute Gasteiger partial charge is 0.301 e. The Balaban J connectivity index is 1.49. The summed E-state index contributed by atoms with van der Waals surface area (Å²) in [6.07, 6.45) is 7.02. The Morgan fingerprint density at radius 2 is 1.86 bits per heavy atom. The number of hydrogen-bond acceptors (Lipinski definition) is 4. The van der Waals surface area contributed by atoms with Crippen LogP contribution in [0.2, 0.25) is 0 Å². The average molecular weight is 402 g/mol. The van der Waals surface area contributed by atoms with Gasteiger partial charge in [0.2, 0.25) is 5.91 Å². The lowest BCUT2D eigenvalue weighted by molar-refractivity contribution is -0.118. The zero-order valence-electron chi connectivity index (χ0n) is 16.2. The minimum atomic E-state index is -0.134. The number of nitrogens with zero attached hydrogens (tertiary/aromatic N) is 2. The summed E-state index contributed by atoms with van der Waals surface area (Å²) in [5, 5.41) is 13.0. The molecule has 29 heavy (non-hydrogen) atoms. The third-order valence-corrected chi connectivity index (χ3v) is 6.51. The van der Waals surface area contributed by atoms with Gasteiger partial charge in [0, 0.05) is 17.5 Å². The Hall–Kier alpha value is -2.97. The summed E-state index contributed by atoms with van der Waals surface area (Å²) in [6, 6.07) is 19.9. The van der Waals surface area contributed by atoms with Crippen molar-refractivity contribution in [2.75, 3.05) is 5.32 Å². The molecule has 4 rings (SSSR count). The quantitative estimate of drug-likeness (QED) is 0.591. The number of carbonyl (C=O) groups excluding carboxylic acids is 1. The second-order valence-corrected chi connectivity index (χ2v) is 8.61. The molecule has 0 aliphatic heterocycles. The Kier molecular flexibility index (Phi) is 6.02. The number of aromatic nitrogens is 1. The van der Waals surface area contributed by atoms with Crippen molar-refractivity contribution in [3.63, 3.8) is 0 Å². The van der Waals surface area contributed by atoms with Crippen molar-refractivity contribution in [2.24, 2.45) is 5.92 Å². The average Bonchev–Trinajstić information content (AvgIpc) is 3.42. The first-order valence-corrected chi connectivity index (χ1v) is 10.8. The summed E-state index contributed by atoms with van der Waals surface area (Å²) in [7, 11) is 0. The minimum absolute atomic E-state index is 0.0291. The van der Waals surface area contributed by atoms with E-state index in [-0.39, 0.29) is 11.8 Å². The summed E-state index contributed by atoms with van der Waals surface area (Å²) in [5.41, 5.74) is 2.73. The van der Waals surface area contributed by atoms with Crippen molar-refractivity contribution in [3.8, 4) is 6.07 Å². The normalized spacial score (nSPS) is 15.0. The molecule has 1 N–H and O–H groups in total. The van der Waals surface area contributed by atoms with Gasteiger partial charge < -0.3 is 5.32 Å². The first-order chi connectivity index (χ1) is 14.2. The Labute approximate surface area is 175 Å². The first-order valence-electron chi connectivity index (χ1n) is 10.0. The number of hydrogen-bond donors (Lipinski definition) is 1. The molecule has 3 aromatic rings. The van der Waals surface area contributed by atoms with Crippen LogP contribution in [0.5, 0.6) is 0 Å². The summed E-state index contributed by atoms with van der Waals surface area (Å²) in [4.78, 5) is 18.6. The third-order valence-electron chi connectivity index (χ3n) is 5.60. The molecule has 1 amide bonds. The van der Waals surface area contributed by atoms with Crippen LogP contribution in [0.4, 0.5) is 5.13 Å². The van der Waals surface area contributed by atoms with Crippen molar-refractivity contribution in [2.45, 2.75) is 38.0 Å². The molecule has 146 valence electrons. The van der Waals surface area contributed by atoms with Gasteiger partial charge in [-0.15, -0.1) is 11.3 Å². The van der Waals surface area contributed by atoms with Crippen LogP contribution in [0.1, 0.15) is 53.2 Å². The number of carbonyl (C=O) groups is 1. The molecule has 0 spiro atoms. The second-order valence-electron chi connectivity index (χ2n) is 7.50. The van der Waals surface area contributed by atoms with E-state index in [0.29, 0.717) is 23.0 Å². The smallest absolute Gasteiger partial charge is 0.233 e. The molecule has 0 radical (unpaired) electrons. The predicted molar refractivity (Wildman–Crippen MR) is 116 cm³/mol. The molecule has 1 aliphatic rings. The number of nitriles is 1. The number of nitrogens with one attached hydrogen (secondary N) is 1. The van der Waals surface area contributed by atoms with Gasteiger partial charge in [0.05, 0.1) is 17.6 Å². The summed E-state index contributed by atoms with van der Waals surface area (Å²) in [6.45, 7) is 0. The van der Waals surface area contributed by atoms with Crippen LogP contribution in [0.15, 0.2) is 60.8 Å². The number of benzene rings is 2. The van der Waals surface area contributed by atoms with Gasteiger partial charge >= 0.3 is 0 Å². The van der Waals surface area contributed by atoms with Crippen molar-refractivity contribution in [1.29, 1.82) is 5.26 Å². The molecular weight excluding hydrogens is 378 g/mol. The van der Waals surface area contributed by atoms with E-state index in [9.17, 15) is 10.1 Å². The molecule has 2 aromatic carbocycles. The standard InChI is InChI=1S/C24H23N3OS/c25-15-20-13-7-6-12-19(20)14-21-16-26-24(29-21)27-23(28)22(18-10-4-5-11-18)17-8-2-1-3-9-17/h1-3,6-9,12-13,16,18,22H,4-5,10-11,14H2,(H,26,27,28). The van der Waals surface area contributed by atoms with Crippen LogP contribution in [-0.2, 0) is 11.2 Å². The topological polar surface area (TPSA) is 65.8 Å². The summed E-state index contributed by atoms with van der Waals surface area (Å²) < 4.78 is 0. The van der Waals surface area contributed by atoms with Gasteiger partial charge in [-0.25, -0.2) is 4.98 Å². The molecule has 1 atom stereocenters. The third kappa shape index (κ3) is 4.55. The number of anilines is 1. The van der Waals surface area contributed by atoms with Crippen LogP contribution >= 0.6 is 11.3 Å². The molecule has 1 heterocycles. The lowest BCUT2D eigenvalue weighted by atomic mass is 9.84. The number of thiazole rings is 1. The van der Waals surface area contributed by atoms with Crippen molar-refractivity contribution >= 4 is 22.4 Å². The van der Waals surface area contributed by atoms with E-state index in [2.05, 4.69) is 28.5 Å². The molecule has 5 heteroatoms. The van der Waals surface area contributed by atoms with Crippen LogP contribution in [0.25, 0.3) is 0 Å². The maximum Gasteiger partial charge on any atom is 0.233 e. The molecule has 0 saturated heterocycles. The molecule has 1 aromatic heterocycles. The van der Waals surface area contributed by atoms with Crippen molar-refractivity contribution < 1.29 is 4.79 Å². The fourth-order valence-electron chi connectivity index (χ4n) is 4.19. The van der Waals surface area contributed by atoms with Gasteiger partial charge in [0.1, 0.15) is 0 Å². The van der Waals surface area contributed by atoms with Gasteiger partial charge in [0.25, 0.3) is 0 Å². The second kappa shape index (κ2) is 9.02. The SMILES string of the molecule is N#Cc1ccccc1Cc1cnc(NC(=O)C(c2ccccc2)C2CCCC2)s1. The van der Waals surface area contributed by atoms with Crippen molar-refractivity contribution in [3.05, 3.63) is 82.4 Å². The molecule has 4 nitrogen and oxygen atoms in total. The maximum absolute atomic E-state index is 13.2. The zero-order valence-corrected chi connectivity index (χ0v) is 17.0. The molecule has 1 fully saturated rings. The maximum atomic E-state index is 13.2. The highest BCUT2D eigenvalue weighted by Gasteiger charge is 2.32. The fourth-order valence-corrected chi connectivity index (χ4v) is 5.03. The first kappa shape index (κ1) is 19.4. The highest BCUT2D eigenvalue weighted by molar-refractivity contribution is 7.15. The van der Waals surface area contributed by atoms with Gasteiger partial charge in [0.15, 0.2) is 5.13 Å². The van der Waals surface area contributed by atoms with Gasteiger partial charge in [-0.05, 0) is 36.0 Å². The molecule has 1 saturated carbocycles. The van der Waals surface area contributed by atoms with Crippen LogP contribution in [0, 0.1) is 17.2 Å².